The average molecular weight is 325 g/mol. The van der Waals surface area contributed by atoms with Crippen molar-refractivity contribution in [3.8, 4) is 12.3 Å². The molecule has 1 aromatic rings. The van der Waals surface area contributed by atoms with Crippen LogP contribution in [0.1, 0.15) is 23.6 Å². The van der Waals surface area contributed by atoms with Gasteiger partial charge in [-0.2, -0.15) is 0 Å². The summed E-state index contributed by atoms with van der Waals surface area (Å²) >= 11 is 2.55. The predicted molar refractivity (Wildman–Crippen MR) is 76.8 cm³/mol. The van der Waals surface area contributed by atoms with Crippen molar-refractivity contribution in [3.63, 3.8) is 0 Å². The number of alkyl halides is 1. The zero-order valence-corrected chi connectivity index (χ0v) is 11.6. The molecular formula is C14H16IN. The molecule has 0 amide bonds. The van der Waals surface area contributed by atoms with Gasteiger partial charge in [0.2, 0.25) is 0 Å². The van der Waals surface area contributed by atoms with Crippen molar-refractivity contribution in [1.82, 2.24) is 4.90 Å². The number of terminal acetylenes is 1. The molecule has 1 aliphatic rings. The molecule has 0 spiro atoms. The molecule has 2 atom stereocenters. The van der Waals surface area contributed by atoms with Crippen LogP contribution in [0, 0.1) is 12.3 Å². The Hall–Kier alpha value is -0.530. The van der Waals surface area contributed by atoms with Crippen LogP contribution in [-0.4, -0.2) is 22.4 Å². The third kappa shape index (κ3) is 2.41. The van der Waals surface area contributed by atoms with Crippen molar-refractivity contribution in [2.45, 2.75) is 22.8 Å². The number of hydrogen-bond acceptors (Lipinski definition) is 1. The lowest BCUT2D eigenvalue weighted by Gasteiger charge is -2.34. The quantitative estimate of drug-likeness (QED) is 0.459. The standard InChI is InChI=1S/C14H16IN/c1-3-8-16(2)14-10-12(15)9-11-6-4-5-7-13(11)14/h1,4-7,12,14H,8-10H2,2H3. The molecule has 16 heavy (non-hydrogen) atoms. The van der Waals surface area contributed by atoms with Gasteiger partial charge in [0.05, 0.1) is 6.54 Å². The second-order valence-corrected chi connectivity index (χ2v) is 6.13. The van der Waals surface area contributed by atoms with Gasteiger partial charge in [-0.25, -0.2) is 0 Å². The highest BCUT2D eigenvalue weighted by molar-refractivity contribution is 14.1. The van der Waals surface area contributed by atoms with Crippen LogP contribution in [0.4, 0.5) is 0 Å². The number of hydrogen-bond donors (Lipinski definition) is 0. The summed E-state index contributed by atoms with van der Waals surface area (Å²) in [4.78, 5) is 2.28. The molecule has 0 aliphatic heterocycles. The fourth-order valence-electron chi connectivity index (χ4n) is 2.41. The Morgan fingerprint density at radius 3 is 3.00 bits per heavy atom. The zero-order valence-electron chi connectivity index (χ0n) is 9.49. The first-order chi connectivity index (χ1) is 7.72. The second-order valence-electron chi connectivity index (χ2n) is 4.37. The van der Waals surface area contributed by atoms with Gasteiger partial charge < -0.3 is 0 Å². The number of fused-ring (bicyclic) bond motifs is 1. The summed E-state index contributed by atoms with van der Waals surface area (Å²) in [5.41, 5.74) is 2.95. The largest absolute Gasteiger partial charge is 0.288 e. The molecule has 0 radical (unpaired) electrons. The normalized spacial score (nSPS) is 23.9. The van der Waals surface area contributed by atoms with E-state index in [1.165, 1.54) is 24.0 Å². The Balaban J connectivity index is 2.30. The molecule has 84 valence electrons. The topological polar surface area (TPSA) is 3.24 Å². The van der Waals surface area contributed by atoms with Crippen molar-refractivity contribution in [1.29, 1.82) is 0 Å². The van der Waals surface area contributed by atoms with Gasteiger partial charge in [-0.05, 0) is 31.0 Å². The molecule has 0 saturated heterocycles. The van der Waals surface area contributed by atoms with E-state index in [0.29, 0.717) is 6.04 Å². The molecule has 0 fully saturated rings. The van der Waals surface area contributed by atoms with E-state index < -0.39 is 0 Å². The summed E-state index contributed by atoms with van der Waals surface area (Å²) in [6.07, 6.45) is 7.79. The minimum atomic E-state index is 0.489. The Morgan fingerprint density at radius 2 is 2.25 bits per heavy atom. The maximum atomic E-state index is 5.40. The third-order valence-electron chi connectivity index (χ3n) is 3.21. The molecule has 2 unspecified atom stereocenters. The summed E-state index contributed by atoms with van der Waals surface area (Å²) in [5.74, 6) is 2.73. The van der Waals surface area contributed by atoms with Crippen LogP contribution in [0.25, 0.3) is 0 Å². The molecular weight excluding hydrogens is 309 g/mol. The first kappa shape index (κ1) is 11.9. The molecule has 0 heterocycles. The van der Waals surface area contributed by atoms with Crippen LogP contribution in [0.15, 0.2) is 24.3 Å². The number of nitrogens with zero attached hydrogens (tertiary/aromatic N) is 1. The highest BCUT2D eigenvalue weighted by Gasteiger charge is 2.27. The summed E-state index contributed by atoms with van der Waals surface area (Å²) in [6.45, 7) is 0.725. The molecule has 0 N–H and O–H groups in total. The van der Waals surface area contributed by atoms with Crippen LogP contribution in [-0.2, 0) is 6.42 Å². The Labute approximate surface area is 111 Å². The lowest BCUT2D eigenvalue weighted by Crippen LogP contribution is -2.31. The van der Waals surface area contributed by atoms with Gasteiger partial charge in [-0.3, -0.25) is 4.90 Å². The lowest BCUT2D eigenvalue weighted by molar-refractivity contribution is 0.252. The summed E-state index contributed by atoms with van der Waals surface area (Å²) < 4.78 is 0.720. The van der Waals surface area contributed by atoms with Gasteiger partial charge in [-0.1, -0.05) is 52.8 Å². The molecule has 1 nitrogen and oxygen atoms in total. The molecule has 0 bridgehead atoms. The van der Waals surface area contributed by atoms with Gasteiger partial charge >= 0.3 is 0 Å². The number of rotatable bonds is 2. The predicted octanol–water partition coefficient (Wildman–Crippen LogP) is 3.04. The van der Waals surface area contributed by atoms with Crippen molar-refractivity contribution >= 4 is 22.6 Å². The van der Waals surface area contributed by atoms with E-state index in [1.54, 1.807) is 0 Å². The summed E-state index contributed by atoms with van der Waals surface area (Å²) in [5, 5.41) is 0. The maximum absolute atomic E-state index is 5.40. The smallest absolute Gasteiger partial charge is 0.0601 e. The molecule has 0 saturated carbocycles. The number of benzene rings is 1. The second kappa shape index (κ2) is 5.20. The van der Waals surface area contributed by atoms with Crippen LogP contribution in [0.2, 0.25) is 0 Å². The van der Waals surface area contributed by atoms with Crippen molar-refractivity contribution in [2.75, 3.05) is 13.6 Å². The van der Waals surface area contributed by atoms with Gasteiger partial charge in [-0.15, -0.1) is 6.42 Å². The number of halogens is 1. The Bertz CT molecular complexity index is 407. The first-order valence-electron chi connectivity index (χ1n) is 5.58. The van der Waals surface area contributed by atoms with Crippen molar-refractivity contribution in [2.24, 2.45) is 0 Å². The first-order valence-corrected chi connectivity index (χ1v) is 6.82. The fraction of sp³-hybridized carbons (Fsp3) is 0.429. The fourth-order valence-corrected chi connectivity index (χ4v) is 3.36. The minimum absolute atomic E-state index is 0.489. The van der Waals surface area contributed by atoms with Gasteiger partial charge in [0.25, 0.3) is 0 Å². The van der Waals surface area contributed by atoms with E-state index in [2.05, 4.69) is 64.7 Å². The maximum Gasteiger partial charge on any atom is 0.0601 e. The van der Waals surface area contributed by atoms with E-state index in [1.807, 2.05) is 0 Å². The van der Waals surface area contributed by atoms with Crippen LogP contribution in [0.3, 0.4) is 0 Å². The van der Waals surface area contributed by atoms with E-state index in [-0.39, 0.29) is 0 Å². The van der Waals surface area contributed by atoms with E-state index in [0.717, 1.165) is 10.5 Å². The Morgan fingerprint density at radius 1 is 1.50 bits per heavy atom. The van der Waals surface area contributed by atoms with Gasteiger partial charge in [0, 0.05) is 9.97 Å². The molecule has 1 aromatic carbocycles. The lowest BCUT2D eigenvalue weighted by atomic mass is 9.87. The molecule has 2 rings (SSSR count). The zero-order chi connectivity index (χ0) is 11.5. The van der Waals surface area contributed by atoms with Crippen LogP contribution >= 0.6 is 22.6 Å². The SMILES string of the molecule is C#CCN(C)C1CC(I)Cc2ccccc21. The third-order valence-corrected chi connectivity index (χ3v) is 4.16. The van der Waals surface area contributed by atoms with Crippen molar-refractivity contribution in [3.05, 3.63) is 35.4 Å². The van der Waals surface area contributed by atoms with E-state index in [4.69, 9.17) is 6.42 Å². The van der Waals surface area contributed by atoms with Gasteiger partial charge in [0.15, 0.2) is 0 Å². The van der Waals surface area contributed by atoms with E-state index >= 15 is 0 Å². The monoisotopic (exact) mass is 325 g/mol. The minimum Gasteiger partial charge on any atom is -0.288 e. The summed E-state index contributed by atoms with van der Waals surface area (Å²) in [7, 11) is 2.12. The van der Waals surface area contributed by atoms with E-state index in [9.17, 15) is 0 Å². The molecule has 0 aromatic heterocycles. The summed E-state index contributed by atoms with van der Waals surface area (Å²) in [6, 6.07) is 9.24. The molecule has 2 heteroatoms. The molecule has 1 aliphatic carbocycles. The van der Waals surface area contributed by atoms with Crippen molar-refractivity contribution < 1.29 is 0 Å². The Kier molecular flexibility index (Phi) is 3.88. The van der Waals surface area contributed by atoms with Crippen LogP contribution < -0.4 is 0 Å². The highest BCUT2D eigenvalue weighted by atomic mass is 127. The van der Waals surface area contributed by atoms with Crippen LogP contribution in [0.5, 0.6) is 0 Å². The average Bonchev–Trinajstić information content (AvgIpc) is 2.28. The van der Waals surface area contributed by atoms with Gasteiger partial charge in [0.1, 0.15) is 0 Å². The highest BCUT2D eigenvalue weighted by Crippen LogP contribution is 2.36.